The van der Waals surface area contributed by atoms with Gasteiger partial charge < -0.3 is 10.2 Å². The van der Waals surface area contributed by atoms with E-state index in [0.717, 1.165) is 19.4 Å². The molecule has 3 heterocycles. The molecule has 1 N–H and O–H groups in total. The molecule has 0 unspecified atom stereocenters. The number of rotatable bonds is 3. The highest BCUT2D eigenvalue weighted by atomic mass is 16.2. The van der Waals surface area contributed by atoms with E-state index in [1.54, 1.807) is 10.9 Å². The molecule has 126 valence electrons. The van der Waals surface area contributed by atoms with Gasteiger partial charge in [-0.05, 0) is 37.4 Å². The number of carbonyl (C=O) groups is 1. The highest BCUT2D eigenvalue weighted by Crippen LogP contribution is 2.39. The highest BCUT2D eigenvalue weighted by Gasteiger charge is 2.44. The third kappa shape index (κ3) is 2.96. The van der Waals surface area contributed by atoms with Crippen molar-refractivity contribution in [3.63, 3.8) is 0 Å². The van der Waals surface area contributed by atoms with E-state index < -0.39 is 0 Å². The molecule has 24 heavy (non-hydrogen) atoms. The Morgan fingerprint density at radius 1 is 1.21 bits per heavy atom. The van der Waals surface area contributed by atoms with E-state index in [1.165, 1.54) is 18.4 Å². The first-order chi connectivity index (χ1) is 11.8. The summed E-state index contributed by atoms with van der Waals surface area (Å²) < 4.78 is 1.72. The topological polar surface area (TPSA) is 50.2 Å². The van der Waals surface area contributed by atoms with Crippen LogP contribution in [0.15, 0.2) is 48.8 Å². The Balaban J connectivity index is 1.63. The minimum atomic E-state index is 0.162. The number of hydrogen-bond donors (Lipinski definition) is 1. The highest BCUT2D eigenvalue weighted by molar-refractivity contribution is 5.77. The molecule has 2 aliphatic rings. The van der Waals surface area contributed by atoms with Crippen LogP contribution in [0.5, 0.6) is 0 Å². The summed E-state index contributed by atoms with van der Waals surface area (Å²) in [5, 5.41) is 7.87. The second kappa shape index (κ2) is 6.77. The molecule has 3 atom stereocenters. The molecule has 0 radical (unpaired) electrons. The van der Waals surface area contributed by atoms with E-state index in [0.29, 0.717) is 18.6 Å². The van der Waals surface area contributed by atoms with E-state index >= 15 is 0 Å². The zero-order chi connectivity index (χ0) is 16.4. The van der Waals surface area contributed by atoms with Crippen molar-refractivity contribution in [2.24, 2.45) is 0 Å². The molecule has 4 rings (SSSR count). The van der Waals surface area contributed by atoms with Gasteiger partial charge in [-0.25, -0.2) is 0 Å². The molecule has 0 spiro atoms. The van der Waals surface area contributed by atoms with Crippen molar-refractivity contribution in [1.29, 1.82) is 0 Å². The van der Waals surface area contributed by atoms with Crippen molar-refractivity contribution in [1.82, 2.24) is 20.0 Å². The van der Waals surface area contributed by atoms with Gasteiger partial charge in [0, 0.05) is 24.5 Å². The van der Waals surface area contributed by atoms with Gasteiger partial charge in [-0.3, -0.25) is 9.48 Å². The summed E-state index contributed by atoms with van der Waals surface area (Å²) in [5.41, 5.74) is 1.24. The van der Waals surface area contributed by atoms with Crippen LogP contribution in [-0.2, 0) is 11.3 Å². The van der Waals surface area contributed by atoms with E-state index in [9.17, 15) is 4.79 Å². The lowest BCUT2D eigenvalue weighted by molar-refractivity contribution is -0.135. The minimum absolute atomic E-state index is 0.162. The maximum atomic E-state index is 13.1. The fourth-order valence-electron chi connectivity index (χ4n) is 4.21. The molecular formula is C19H24N4O. The number of fused-ring (bicyclic) bond motifs is 1. The van der Waals surface area contributed by atoms with Gasteiger partial charge in [0.1, 0.15) is 6.54 Å². The van der Waals surface area contributed by atoms with Crippen LogP contribution in [0, 0.1) is 0 Å². The van der Waals surface area contributed by atoms with Crippen molar-refractivity contribution >= 4 is 5.91 Å². The van der Waals surface area contributed by atoms with Crippen LogP contribution in [0.1, 0.15) is 37.3 Å². The fraction of sp³-hybridized carbons (Fsp3) is 0.474. The maximum Gasteiger partial charge on any atom is 0.245 e. The summed E-state index contributed by atoms with van der Waals surface area (Å²) in [6, 6.07) is 13.2. The molecule has 1 aromatic carbocycles. The fourth-order valence-corrected chi connectivity index (χ4v) is 4.21. The van der Waals surface area contributed by atoms with Crippen LogP contribution in [-0.4, -0.2) is 39.2 Å². The molecule has 0 bridgehead atoms. The maximum absolute atomic E-state index is 13.1. The normalized spacial score (nSPS) is 26.8. The molecule has 5 nitrogen and oxygen atoms in total. The lowest BCUT2D eigenvalue weighted by atomic mass is 10.0. The number of nitrogens with zero attached hydrogens (tertiary/aromatic N) is 3. The number of hydrogen-bond acceptors (Lipinski definition) is 3. The average Bonchev–Trinajstić information content (AvgIpc) is 3.18. The van der Waals surface area contributed by atoms with Gasteiger partial charge in [-0.15, -0.1) is 0 Å². The van der Waals surface area contributed by atoms with Gasteiger partial charge >= 0.3 is 0 Å². The zero-order valence-electron chi connectivity index (χ0n) is 13.8. The first kappa shape index (κ1) is 15.4. The van der Waals surface area contributed by atoms with Gasteiger partial charge in [0.2, 0.25) is 5.91 Å². The predicted octanol–water partition coefficient (Wildman–Crippen LogP) is 2.37. The number of benzene rings is 1. The molecule has 2 aromatic rings. The molecule has 0 saturated carbocycles. The number of amides is 1. The average molecular weight is 324 g/mol. The first-order valence-electron chi connectivity index (χ1n) is 8.90. The van der Waals surface area contributed by atoms with Crippen molar-refractivity contribution in [3.05, 3.63) is 54.4 Å². The lowest BCUT2D eigenvalue weighted by Crippen LogP contribution is -2.45. The zero-order valence-corrected chi connectivity index (χ0v) is 13.8. The van der Waals surface area contributed by atoms with Crippen molar-refractivity contribution < 1.29 is 4.79 Å². The molecule has 1 amide bonds. The van der Waals surface area contributed by atoms with Gasteiger partial charge in [0.05, 0.1) is 6.04 Å². The van der Waals surface area contributed by atoms with Crippen LogP contribution in [0.2, 0.25) is 0 Å². The smallest absolute Gasteiger partial charge is 0.245 e. The third-order valence-electron chi connectivity index (χ3n) is 5.30. The number of nitrogens with one attached hydrogen (secondary N) is 1. The third-order valence-corrected chi connectivity index (χ3v) is 5.30. The Morgan fingerprint density at radius 2 is 2.08 bits per heavy atom. The van der Waals surface area contributed by atoms with Crippen LogP contribution >= 0.6 is 0 Å². The Kier molecular flexibility index (Phi) is 4.34. The Labute approximate surface area is 142 Å². The van der Waals surface area contributed by atoms with Gasteiger partial charge in [-0.1, -0.05) is 36.8 Å². The quantitative estimate of drug-likeness (QED) is 0.943. The van der Waals surface area contributed by atoms with Crippen LogP contribution in [0.3, 0.4) is 0 Å². The van der Waals surface area contributed by atoms with Gasteiger partial charge in [-0.2, -0.15) is 5.10 Å². The number of carbonyl (C=O) groups excluding carboxylic acids is 1. The summed E-state index contributed by atoms with van der Waals surface area (Å²) in [7, 11) is 0. The molecule has 2 fully saturated rings. The molecule has 2 saturated heterocycles. The van der Waals surface area contributed by atoms with Crippen molar-refractivity contribution in [2.75, 3.05) is 6.54 Å². The second-order valence-corrected chi connectivity index (χ2v) is 6.79. The van der Waals surface area contributed by atoms with E-state index in [-0.39, 0.29) is 11.9 Å². The van der Waals surface area contributed by atoms with Crippen molar-refractivity contribution in [3.8, 4) is 0 Å². The van der Waals surface area contributed by atoms with E-state index in [2.05, 4.69) is 39.6 Å². The Morgan fingerprint density at radius 3 is 2.88 bits per heavy atom. The second-order valence-electron chi connectivity index (χ2n) is 6.79. The minimum Gasteiger partial charge on any atom is -0.329 e. The SMILES string of the molecule is O=C(Cn1cccn1)N1[C@@H](c2ccccc2)C[C@@H]2NCCCC[C@H]21. The van der Waals surface area contributed by atoms with Crippen molar-refractivity contribution in [2.45, 2.75) is 50.4 Å². The summed E-state index contributed by atoms with van der Waals surface area (Å²) in [4.78, 5) is 15.2. The molecule has 0 aliphatic carbocycles. The van der Waals surface area contributed by atoms with Crippen LogP contribution < -0.4 is 5.32 Å². The largest absolute Gasteiger partial charge is 0.329 e. The summed E-state index contributed by atoms with van der Waals surface area (Å²) >= 11 is 0. The van der Waals surface area contributed by atoms with E-state index in [4.69, 9.17) is 0 Å². The predicted molar refractivity (Wildman–Crippen MR) is 92.3 cm³/mol. The van der Waals surface area contributed by atoms with Gasteiger partial charge in [0.15, 0.2) is 0 Å². The van der Waals surface area contributed by atoms with Gasteiger partial charge in [0.25, 0.3) is 0 Å². The Hall–Kier alpha value is -2.14. The van der Waals surface area contributed by atoms with Crippen LogP contribution in [0.4, 0.5) is 0 Å². The molecular weight excluding hydrogens is 300 g/mol. The lowest BCUT2D eigenvalue weighted by Gasteiger charge is -2.31. The van der Waals surface area contributed by atoms with E-state index in [1.807, 2.05) is 18.3 Å². The molecule has 1 aromatic heterocycles. The molecule has 2 aliphatic heterocycles. The summed E-state index contributed by atoms with van der Waals surface area (Å²) in [5.74, 6) is 0.170. The number of aromatic nitrogens is 2. The Bertz CT molecular complexity index is 670. The standard InChI is InChI=1S/C19H24N4O/c24-19(14-22-12-6-11-21-22)23-17-9-4-5-10-20-16(17)13-18(23)15-7-2-1-3-8-15/h1-3,6-8,11-12,16-18,20H,4-5,9-10,13-14H2/t16-,17+,18+/m0/s1. The summed E-state index contributed by atoms with van der Waals surface area (Å²) in [6.45, 7) is 1.38. The first-order valence-corrected chi connectivity index (χ1v) is 8.90. The van der Waals surface area contributed by atoms with Crippen LogP contribution in [0.25, 0.3) is 0 Å². The number of likely N-dealkylation sites (tertiary alicyclic amines) is 1. The monoisotopic (exact) mass is 324 g/mol. The molecule has 5 heteroatoms. The summed E-state index contributed by atoms with van der Waals surface area (Å²) in [6.07, 6.45) is 8.05.